The molecule has 168 valence electrons. The van der Waals surface area contributed by atoms with E-state index in [0.717, 1.165) is 37.3 Å². The SMILES string of the molecule is Cc1ccc(N2CCN([C@H](c3ccc(F)cc3)c3nnc(-c4ccccc4)o3)CC2)c(C)c1. The van der Waals surface area contributed by atoms with Crippen LogP contribution in [-0.4, -0.2) is 41.3 Å². The molecule has 5 rings (SSSR count). The van der Waals surface area contributed by atoms with Crippen molar-refractivity contribution in [3.63, 3.8) is 0 Å². The lowest BCUT2D eigenvalue weighted by molar-refractivity contribution is 0.188. The first-order chi connectivity index (χ1) is 16.1. The lowest BCUT2D eigenvalue weighted by Gasteiger charge is -2.39. The molecule has 0 saturated carbocycles. The van der Waals surface area contributed by atoms with Crippen LogP contribution in [0.2, 0.25) is 0 Å². The third-order valence-electron chi connectivity index (χ3n) is 6.25. The summed E-state index contributed by atoms with van der Waals surface area (Å²) in [7, 11) is 0. The van der Waals surface area contributed by atoms with Crippen LogP contribution in [0.5, 0.6) is 0 Å². The van der Waals surface area contributed by atoms with Crippen molar-refractivity contribution >= 4 is 5.69 Å². The van der Waals surface area contributed by atoms with Crippen molar-refractivity contribution in [3.05, 3.63) is 101 Å². The zero-order valence-electron chi connectivity index (χ0n) is 18.9. The number of hydrogen-bond acceptors (Lipinski definition) is 5. The summed E-state index contributed by atoms with van der Waals surface area (Å²) in [6.45, 7) is 7.73. The van der Waals surface area contributed by atoms with Crippen LogP contribution in [0.4, 0.5) is 10.1 Å². The van der Waals surface area contributed by atoms with Gasteiger partial charge in [0.2, 0.25) is 11.8 Å². The second-order valence-electron chi connectivity index (χ2n) is 8.58. The van der Waals surface area contributed by atoms with Crippen LogP contribution in [0, 0.1) is 19.7 Å². The molecule has 2 heterocycles. The largest absolute Gasteiger partial charge is 0.419 e. The van der Waals surface area contributed by atoms with E-state index in [4.69, 9.17) is 4.42 Å². The Labute approximate surface area is 193 Å². The molecule has 1 aliphatic rings. The molecule has 33 heavy (non-hydrogen) atoms. The van der Waals surface area contributed by atoms with Gasteiger partial charge in [0.25, 0.3) is 0 Å². The molecule has 0 radical (unpaired) electrons. The van der Waals surface area contributed by atoms with E-state index >= 15 is 0 Å². The molecule has 5 nitrogen and oxygen atoms in total. The summed E-state index contributed by atoms with van der Waals surface area (Å²) in [5.41, 5.74) is 5.68. The number of rotatable bonds is 5. The molecule has 1 aromatic heterocycles. The lowest BCUT2D eigenvalue weighted by Crippen LogP contribution is -2.48. The summed E-state index contributed by atoms with van der Waals surface area (Å²) in [6.07, 6.45) is 0. The molecule has 4 aromatic rings. The zero-order valence-corrected chi connectivity index (χ0v) is 18.9. The minimum Gasteiger partial charge on any atom is -0.419 e. The first-order valence-corrected chi connectivity index (χ1v) is 11.3. The summed E-state index contributed by atoms with van der Waals surface area (Å²) in [6, 6.07) is 22.7. The second-order valence-corrected chi connectivity index (χ2v) is 8.58. The van der Waals surface area contributed by atoms with Crippen LogP contribution in [0.25, 0.3) is 11.5 Å². The van der Waals surface area contributed by atoms with Crippen molar-refractivity contribution < 1.29 is 8.81 Å². The molecule has 0 spiro atoms. The summed E-state index contributed by atoms with van der Waals surface area (Å²) >= 11 is 0. The number of aromatic nitrogens is 2. The van der Waals surface area contributed by atoms with Gasteiger partial charge in [-0.2, -0.15) is 0 Å². The van der Waals surface area contributed by atoms with Gasteiger partial charge in [0, 0.05) is 37.4 Å². The molecular weight excluding hydrogens is 415 g/mol. The smallest absolute Gasteiger partial charge is 0.247 e. The normalized spacial score (nSPS) is 15.5. The van der Waals surface area contributed by atoms with E-state index in [1.54, 1.807) is 0 Å². The van der Waals surface area contributed by atoms with Crippen LogP contribution >= 0.6 is 0 Å². The van der Waals surface area contributed by atoms with Crippen molar-refractivity contribution in [2.75, 3.05) is 31.1 Å². The van der Waals surface area contributed by atoms with Gasteiger partial charge in [0.1, 0.15) is 11.9 Å². The molecule has 1 saturated heterocycles. The van der Waals surface area contributed by atoms with Crippen molar-refractivity contribution in [2.24, 2.45) is 0 Å². The van der Waals surface area contributed by atoms with E-state index < -0.39 is 0 Å². The fourth-order valence-corrected chi connectivity index (χ4v) is 4.58. The Hall–Kier alpha value is -3.51. The predicted octanol–water partition coefficient (Wildman–Crippen LogP) is 5.40. The number of anilines is 1. The van der Waals surface area contributed by atoms with Gasteiger partial charge in [-0.3, -0.25) is 4.90 Å². The quantitative estimate of drug-likeness (QED) is 0.414. The topological polar surface area (TPSA) is 45.4 Å². The summed E-state index contributed by atoms with van der Waals surface area (Å²) in [5, 5.41) is 8.70. The van der Waals surface area contributed by atoms with Crippen LogP contribution in [0.15, 0.2) is 77.2 Å². The number of piperazine rings is 1. The number of halogens is 1. The van der Waals surface area contributed by atoms with E-state index in [1.165, 1.54) is 28.9 Å². The summed E-state index contributed by atoms with van der Waals surface area (Å²) in [4.78, 5) is 4.77. The van der Waals surface area contributed by atoms with E-state index in [2.05, 4.69) is 52.0 Å². The van der Waals surface area contributed by atoms with E-state index in [0.29, 0.717) is 11.8 Å². The maximum Gasteiger partial charge on any atom is 0.247 e. The maximum atomic E-state index is 13.7. The molecule has 6 heteroatoms. The average Bonchev–Trinajstić information content (AvgIpc) is 3.32. The standard InChI is InChI=1S/C27H27FN4O/c1-19-8-13-24(20(2)18-19)31-14-16-32(17-15-31)25(21-9-11-23(28)12-10-21)27-30-29-26(33-27)22-6-4-3-5-7-22/h3-13,18,25H,14-17H2,1-2H3/t25-/m1/s1. The van der Waals surface area contributed by atoms with Crippen molar-refractivity contribution in [2.45, 2.75) is 19.9 Å². The highest BCUT2D eigenvalue weighted by molar-refractivity contribution is 5.55. The monoisotopic (exact) mass is 442 g/mol. The molecule has 1 aliphatic heterocycles. The third-order valence-corrected chi connectivity index (χ3v) is 6.25. The van der Waals surface area contributed by atoms with Gasteiger partial charge in [-0.25, -0.2) is 4.39 Å². The molecule has 0 aliphatic carbocycles. The number of hydrogen-bond donors (Lipinski definition) is 0. The second kappa shape index (κ2) is 9.16. The maximum absolute atomic E-state index is 13.7. The summed E-state index contributed by atoms with van der Waals surface area (Å²) < 4.78 is 19.8. The van der Waals surface area contributed by atoms with Crippen molar-refractivity contribution in [1.29, 1.82) is 0 Å². The Morgan fingerprint density at radius 2 is 1.58 bits per heavy atom. The van der Waals surface area contributed by atoms with Crippen molar-refractivity contribution in [3.8, 4) is 11.5 Å². The van der Waals surface area contributed by atoms with Crippen LogP contribution in [0.1, 0.15) is 28.6 Å². The van der Waals surface area contributed by atoms with Gasteiger partial charge in [-0.1, -0.05) is 48.0 Å². The third kappa shape index (κ3) is 4.52. The Balaban J connectivity index is 1.41. The minimum atomic E-state index is -0.257. The molecule has 3 aromatic carbocycles. The minimum absolute atomic E-state index is 0.225. The fraction of sp³-hybridized carbons (Fsp3) is 0.259. The van der Waals surface area contributed by atoms with E-state index in [9.17, 15) is 4.39 Å². The lowest BCUT2D eigenvalue weighted by atomic mass is 10.0. The van der Waals surface area contributed by atoms with Gasteiger partial charge >= 0.3 is 0 Å². The molecule has 1 atom stereocenters. The van der Waals surface area contributed by atoms with Gasteiger partial charge in [-0.05, 0) is 55.3 Å². The Kier molecular flexibility index (Phi) is 5.92. The molecule has 0 unspecified atom stereocenters. The average molecular weight is 443 g/mol. The molecule has 0 N–H and O–H groups in total. The highest BCUT2D eigenvalue weighted by Gasteiger charge is 2.31. The Bertz CT molecular complexity index is 1210. The van der Waals surface area contributed by atoms with E-state index in [-0.39, 0.29) is 11.9 Å². The first-order valence-electron chi connectivity index (χ1n) is 11.3. The predicted molar refractivity (Wildman–Crippen MR) is 128 cm³/mol. The van der Waals surface area contributed by atoms with Gasteiger partial charge < -0.3 is 9.32 Å². The van der Waals surface area contributed by atoms with Crippen molar-refractivity contribution in [1.82, 2.24) is 15.1 Å². The highest BCUT2D eigenvalue weighted by Crippen LogP contribution is 2.32. The number of benzene rings is 3. The Morgan fingerprint density at radius 1 is 0.848 bits per heavy atom. The van der Waals surface area contributed by atoms with Crippen LogP contribution < -0.4 is 4.90 Å². The van der Waals surface area contributed by atoms with Gasteiger partial charge in [0.05, 0.1) is 0 Å². The van der Waals surface area contributed by atoms with Gasteiger partial charge in [0.15, 0.2) is 0 Å². The van der Waals surface area contributed by atoms with Gasteiger partial charge in [-0.15, -0.1) is 10.2 Å². The Morgan fingerprint density at radius 3 is 2.27 bits per heavy atom. The van der Waals surface area contributed by atoms with Crippen LogP contribution in [-0.2, 0) is 0 Å². The fourth-order valence-electron chi connectivity index (χ4n) is 4.58. The summed E-state index contributed by atoms with van der Waals surface area (Å²) in [5.74, 6) is 0.764. The first kappa shape index (κ1) is 21.3. The molecule has 1 fully saturated rings. The zero-order chi connectivity index (χ0) is 22.8. The van der Waals surface area contributed by atoms with E-state index in [1.807, 2.05) is 42.5 Å². The number of nitrogens with zero attached hydrogens (tertiary/aromatic N) is 4. The molecular formula is C27H27FN4O. The van der Waals surface area contributed by atoms with Crippen LogP contribution in [0.3, 0.4) is 0 Å². The molecule has 0 bridgehead atoms. The highest BCUT2D eigenvalue weighted by atomic mass is 19.1. The molecule has 0 amide bonds. The number of aryl methyl sites for hydroxylation is 2.